The number of para-hydroxylation sites is 1. The molecule has 7 rings (SSSR count). The summed E-state index contributed by atoms with van der Waals surface area (Å²) in [6.45, 7) is 0.787. The van der Waals surface area contributed by atoms with Crippen molar-refractivity contribution in [3.63, 3.8) is 0 Å². The smallest absolute Gasteiger partial charge is 0.391 e. The van der Waals surface area contributed by atoms with Crippen LogP contribution in [0, 0.1) is 17.7 Å². The van der Waals surface area contributed by atoms with Gasteiger partial charge in [0.1, 0.15) is 24.0 Å². The molecule has 1 saturated carbocycles. The number of hydrogen-bond donors (Lipinski definition) is 1. The van der Waals surface area contributed by atoms with Crippen LogP contribution in [0.3, 0.4) is 0 Å². The van der Waals surface area contributed by atoms with Crippen LogP contribution in [0.5, 0.6) is 5.75 Å². The van der Waals surface area contributed by atoms with Crippen molar-refractivity contribution in [2.24, 2.45) is 11.8 Å². The van der Waals surface area contributed by atoms with Crippen molar-refractivity contribution in [1.82, 2.24) is 14.5 Å². The van der Waals surface area contributed by atoms with E-state index in [0.29, 0.717) is 41.2 Å². The number of rotatable bonds is 8. The Bertz CT molecular complexity index is 1950. The first kappa shape index (κ1) is 31.9. The van der Waals surface area contributed by atoms with Gasteiger partial charge in [0.25, 0.3) is 0 Å². The van der Waals surface area contributed by atoms with Crippen molar-refractivity contribution in [3.8, 4) is 5.75 Å². The molecule has 2 atom stereocenters. The van der Waals surface area contributed by atoms with Gasteiger partial charge < -0.3 is 19.3 Å². The summed E-state index contributed by atoms with van der Waals surface area (Å²) in [5.41, 5.74) is 3.93. The Balaban J connectivity index is 1.16. The van der Waals surface area contributed by atoms with E-state index >= 15 is 4.39 Å². The summed E-state index contributed by atoms with van der Waals surface area (Å²) in [6, 6.07) is 22.1. The molecular weight excluding hydrogens is 624 g/mol. The SMILES string of the molecule is O=C(O)[C@H]1CCCC[C@H]1c1nc2cc(OCc3ccc4ccccc4n3)ccc2n1Cc1ccc(N2CCC(C(F)(F)F)CC2)cc1F. The van der Waals surface area contributed by atoms with E-state index in [4.69, 9.17) is 9.72 Å². The molecule has 5 aromatic rings. The zero-order valence-electron chi connectivity index (χ0n) is 26.3. The van der Waals surface area contributed by atoms with Crippen LogP contribution in [0.2, 0.25) is 0 Å². The maximum Gasteiger partial charge on any atom is 0.391 e. The monoisotopic (exact) mass is 660 g/mol. The van der Waals surface area contributed by atoms with Gasteiger partial charge in [-0.25, -0.2) is 14.4 Å². The number of fused-ring (bicyclic) bond motifs is 2. The normalized spacial score (nSPS) is 19.2. The van der Waals surface area contributed by atoms with Crippen LogP contribution in [0.4, 0.5) is 23.2 Å². The molecule has 2 aliphatic rings. The number of hydrogen-bond acceptors (Lipinski definition) is 5. The number of carboxylic acids is 1. The lowest BCUT2D eigenvalue weighted by atomic mass is 9.78. The first-order valence-corrected chi connectivity index (χ1v) is 16.4. The van der Waals surface area contributed by atoms with Crippen molar-refractivity contribution in [2.75, 3.05) is 18.0 Å². The average molecular weight is 661 g/mol. The van der Waals surface area contributed by atoms with Gasteiger partial charge in [0, 0.05) is 41.7 Å². The van der Waals surface area contributed by atoms with Crippen LogP contribution < -0.4 is 9.64 Å². The number of halogens is 4. The summed E-state index contributed by atoms with van der Waals surface area (Å²) in [6.07, 6.45) is -1.35. The number of pyridine rings is 1. The Morgan fingerprint density at radius 1 is 0.896 bits per heavy atom. The van der Waals surface area contributed by atoms with Gasteiger partial charge in [-0.3, -0.25) is 4.79 Å². The van der Waals surface area contributed by atoms with E-state index in [0.717, 1.165) is 35.0 Å². The lowest BCUT2D eigenvalue weighted by Gasteiger charge is -2.34. The van der Waals surface area contributed by atoms with Gasteiger partial charge >= 0.3 is 12.1 Å². The fraction of sp³-hybridized carbons (Fsp3) is 0.378. The van der Waals surface area contributed by atoms with Gasteiger partial charge in [0.15, 0.2) is 0 Å². The number of nitrogens with zero attached hydrogens (tertiary/aromatic N) is 4. The molecule has 0 unspecified atom stereocenters. The fourth-order valence-corrected chi connectivity index (χ4v) is 7.25. The van der Waals surface area contributed by atoms with Crippen LogP contribution in [-0.4, -0.2) is 44.9 Å². The Hall–Kier alpha value is -4.67. The number of piperidine rings is 1. The van der Waals surface area contributed by atoms with Crippen molar-refractivity contribution in [2.45, 2.75) is 63.8 Å². The van der Waals surface area contributed by atoms with E-state index in [2.05, 4.69) is 4.98 Å². The molecular formula is C37H36F4N4O3. The fourth-order valence-electron chi connectivity index (χ4n) is 7.25. The van der Waals surface area contributed by atoms with E-state index in [1.54, 1.807) is 17.0 Å². The highest BCUT2D eigenvalue weighted by Crippen LogP contribution is 2.40. The zero-order chi connectivity index (χ0) is 33.4. The van der Waals surface area contributed by atoms with Crippen molar-refractivity contribution in [1.29, 1.82) is 0 Å². The van der Waals surface area contributed by atoms with E-state index in [1.165, 1.54) is 6.07 Å². The number of anilines is 1. The number of aromatic nitrogens is 3. The summed E-state index contributed by atoms with van der Waals surface area (Å²) >= 11 is 0. The summed E-state index contributed by atoms with van der Waals surface area (Å²) in [5.74, 6) is -2.43. The number of alkyl halides is 3. The molecule has 11 heteroatoms. The van der Waals surface area contributed by atoms with Crippen molar-refractivity contribution in [3.05, 3.63) is 95.7 Å². The number of carboxylic acid groups (broad SMARTS) is 1. The van der Waals surface area contributed by atoms with E-state index in [1.807, 2.05) is 59.2 Å². The summed E-state index contributed by atoms with van der Waals surface area (Å²) in [7, 11) is 0. The summed E-state index contributed by atoms with van der Waals surface area (Å²) in [5, 5.41) is 11.1. The van der Waals surface area contributed by atoms with Crippen LogP contribution in [0.1, 0.15) is 61.5 Å². The Morgan fingerprint density at radius 3 is 2.46 bits per heavy atom. The molecule has 2 fully saturated rings. The zero-order valence-corrected chi connectivity index (χ0v) is 26.3. The van der Waals surface area contributed by atoms with E-state index in [9.17, 15) is 23.1 Å². The molecule has 3 aromatic carbocycles. The number of carbonyl (C=O) groups is 1. The third-order valence-corrected chi connectivity index (χ3v) is 9.89. The quantitative estimate of drug-likeness (QED) is 0.168. The maximum absolute atomic E-state index is 15.7. The number of ether oxygens (including phenoxy) is 1. The second-order valence-corrected chi connectivity index (χ2v) is 12.9. The van der Waals surface area contributed by atoms with Crippen molar-refractivity contribution < 1.29 is 32.2 Å². The molecule has 1 saturated heterocycles. The second-order valence-electron chi connectivity index (χ2n) is 12.9. The molecule has 1 aliphatic carbocycles. The van der Waals surface area contributed by atoms with Gasteiger partial charge in [-0.05, 0) is 62.1 Å². The third kappa shape index (κ3) is 6.55. The van der Waals surface area contributed by atoms with E-state index < -0.39 is 29.8 Å². The third-order valence-electron chi connectivity index (χ3n) is 9.89. The molecule has 1 aliphatic heterocycles. The molecule has 250 valence electrons. The Morgan fingerprint density at radius 2 is 1.69 bits per heavy atom. The van der Waals surface area contributed by atoms with Crippen LogP contribution in [0.25, 0.3) is 21.9 Å². The predicted octanol–water partition coefficient (Wildman–Crippen LogP) is 8.49. The Kier molecular flexibility index (Phi) is 8.70. The van der Waals surface area contributed by atoms with Crippen LogP contribution in [0.15, 0.2) is 72.8 Å². The molecule has 2 aromatic heterocycles. The highest BCUT2D eigenvalue weighted by molar-refractivity contribution is 5.79. The Labute approximate surface area is 275 Å². The predicted molar refractivity (Wildman–Crippen MR) is 175 cm³/mol. The standard InChI is InChI=1S/C37H36F4N4O3/c38-31-19-27(44-17-15-25(16-18-44)37(39,40)41)12-10-24(31)21-45-34-14-13-28(48-22-26-11-9-23-5-1-4-8-32(23)42-26)20-33(34)43-35(45)29-6-2-3-7-30(29)36(46)47/h1,4-5,8-14,19-20,25,29-30H,2-3,6-7,15-18,21-22H2,(H,46,47)/t29-,30+/m1/s1. The first-order valence-electron chi connectivity index (χ1n) is 16.4. The maximum atomic E-state index is 15.7. The minimum atomic E-state index is -4.22. The highest BCUT2D eigenvalue weighted by Gasteiger charge is 2.41. The van der Waals surface area contributed by atoms with Crippen LogP contribution in [-0.2, 0) is 17.9 Å². The van der Waals surface area contributed by atoms with E-state index in [-0.39, 0.29) is 45.0 Å². The molecule has 1 N–H and O–H groups in total. The minimum absolute atomic E-state index is 0.0200. The number of imidazole rings is 1. The largest absolute Gasteiger partial charge is 0.487 e. The molecule has 0 radical (unpaired) electrons. The topological polar surface area (TPSA) is 80.5 Å². The number of benzene rings is 3. The van der Waals surface area contributed by atoms with Gasteiger partial charge in [0.05, 0.1) is 40.6 Å². The van der Waals surface area contributed by atoms with Crippen LogP contribution >= 0.6 is 0 Å². The summed E-state index contributed by atoms with van der Waals surface area (Å²) in [4.78, 5) is 23.7. The highest BCUT2D eigenvalue weighted by atomic mass is 19.4. The molecule has 48 heavy (non-hydrogen) atoms. The first-order chi connectivity index (χ1) is 23.1. The molecule has 0 amide bonds. The lowest BCUT2D eigenvalue weighted by Crippen LogP contribution is -2.39. The minimum Gasteiger partial charge on any atom is -0.487 e. The lowest BCUT2D eigenvalue weighted by molar-refractivity contribution is -0.179. The number of aliphatic carboxylic acids is 1. The average Bonchev–Trinajstić information content (AvgIpc) is 3.45. The van der Waals surface area contributed by atoms with Gasteiger partial charge in [-0.2, -0.15) is 13.2 Å². The molecule has 0 spiro atoms. The van der Waals surface area contributed by atoms with Gasteiger partial charge in [0.2, 0.25) is 0 Å². The molecule has 0 bridgehead atoms. The van der Waals surface area contributed by atoms with Crippen molar-refractivity contribution >= 4 is 33.6 Å². The summed E-state index contributed by atoms with van der Waals surface area (Å²) < 4.78 is 63.2. The second kappa shape index (κ2) is 13.1. The van der Waals surface area contributed by atoms with Gasteiger partial charge in [-0.1, -0.05) is 43.2 Å². The molecule has 7 nitrogen and oxygen atoms in total. The molecule has 3 heterocycles. The van der Waals surface area contributed by atoms with Gasteiger partial charge in [-0.15, -0.1) is 0 Å².